The number of hydrogen-bond donors (Lipinski definition) is 1. The minimum absolute atomic E-state index is 0.222. The molecule has 0 saturated heterocycles. The first kappa shape index (κ1) is 20.3. The normalized spacial score (nSPS) is 16.7. The Morgan fingerprint density at radius 3 is 2.65 bits per heavy atom. The van der Waals surface area contributed by atoms with Crippen LogP contribution in [0.2, 0.25) is 0 Å². The number of hydrogen-bond acceptors (Lipinski definition) is 4. The van der Waals surface area contributed by atoms with Crippen molar-refractivity contribution < 1.29 is 9.59 Å². The summed E-state index contributed by atoms with van der Waals surface area (Å²) in [5.74, 6) is -0.567. The molecule has 2 amide bonds. The highest BCUT2D eigenvalue weighted by Gasteiger charge is 2.37. The number of aromatic nitrogens is 1. The lowest BCUT2D eigenvalue weighted by atomic mass is 9.98. The Kier molecular flexibility index (Phi) is 4.73. The first-order valence-electron chi connectivity index (χ1n) is 11.3. The van der Waals surface area contributed by atoms with Gasteiger partial charge < -0.3 is 10.2 Å². The van der Waals surface area contributed by atoms with Crippen LogP contribution >= 0.6 is 0 Å². The SMILES string of the molecule is Cc1cc(C(=O)N[C@@H]2N=C(c3ccccc3)c3cccc4c3N(CC4)C2=O)c2ccccc2n1. The van der Waals surface area contributed by atoms with Crippen molar-refractivity contribution in [2.75, 3.05) is 11.4 Å². The van der Waals surface area contributed by atoms with Gasteiger partial charge in [-0.1, -0.05) is 66.7 Å². The van der Waals surface area contributed by atoms with E-state index in [-0.39, 0.29) is 11.8 Å². The number of rotatable bonds is 3. The Morgan fingerprint density at radius 2 is 1.79 bits per heavy atom. The summed E-state index contributed by atoms with van der Waals surface area (Å²) >= 11 is 0. The maximum atomic E-state index is 13.6. The molecule has 6 heteroatoms. The van der Waals surface area contributed by atoms with E-state index >= 15 is 0 Å². The zero-order chi connectivity index (χ0) is 23.2. The van der Waals surface area contributed by atoms with Gasteiger partial charge in [-0.25, -0.2) is 4.99 Å². The Morgan fingerprint density at radius 1 is 1.00 bits per heavy atom. The number of fused-ring (bicyclic) bond motifs is 1. The number of carbonyl (C=O) groups excluding carboxylic acids is 2. The van der Waals surface area contributed by atoms with Crippen LogP contribution in [0.25, 0.3) is 10.9 Å². The lowest BCUT2D eigenvalue weighted by molar-refractivity contribution is -0.120. The molecule has 1 atom stereocenters. The molecule has 2 aliphatic rings. The predicted molar refractivity (Wildman–Crippen MR) is 132 cm³/mol. The Hall–Kier alpha value is -4.32. The maximum Gasteiger partial charge on any atom is 0.272 e. The largest absolute Gasteiger partial charge is 0.322 e. The summed E-state index contributed by atoms with van der Waals surface area (Å²) in [7, 11) is 0. The molecule has 0 aliphatic carbocycles. The monoisotopic (exact) mass is 446 g/mol. The molecular formula is C28H22N4O2. The summed E-state index contributed by atoms with van der Waals surface area (Å²) in [4.78, 5) is 38.3. The molecule has 6 rings (SSSR count). The average Bonchev–Trinajstić information content (AvgIpc) is 3.26. The van der Waals surface area contributed by atoms with E-state index in [2.05, 4.69) is 16.4 Å². The number of nitrogens with one attached hydrogen (secondary N) is 1. The number of carbonyl (C=O) groups is 2. The molecular weight excluding hydrogens is 424 g/mol. The summed E-state index contributed by atoms with van der Waals surface area (Å²) in [5, 5.41) is 3.66. The molecule has 0 fully saturated rings. The van der Waals surface area contributed by atoms with Crippen molar-refractivity contribution in [3.05, 3.63) is 107 Å². The van der Waals surface area contributed by atoms with Crippen LogP contribution in [0.15, 0.2) is 83.9 Å². The quantitative estimate of drug-likeness (QED) is 0.516. The van der Waals surface area contributed by atoms with Gasteiger partial charge in [0.2, 0.25) is 6.17 Å². The number of pyridine rings is 1. The minimum atomic E-state index is -1.03. The van der Waals surface area contributed by atoms with Gasteiger partial charge in [-0.2, -0.15) is 0 Å². The van der Waals surface area contributed by atoms with Gasteiger partial charge in [0, 0.05) is 28.8 Å². The highest BCUT2D eigenvalue weighted by atomic mass is 16.2. The summed E-state index contributed by atoms with van der Waals surface area (Å²) in [6, 6.07) is 25.1. The van der Waals surface area contributed by atoms with Crippen LogP contribution in [0.5, 0.6) is 0 Å². The van der Waals surface area contributed by atoms with Crippen LogP contribution in [-0.2, 0) is 11.2 Å². The van der Waals surface area contributed by atoms with Gasteiger partial charge in [0.15, 0.2) is 0 Å². The Labute approximate surface area is 197 Å². The van der Waals surface area contributed by atoms with E-state index in [1.807, 2.05) is 73.7 Å². The molecule has 0 radical (unpaired) electrons. The van der Waals surface area contributed by atoms with Crippen molar-refractivity contribution in [3.63, 3.8) is 0 Å². The van der Waals surface area contributed by atoms with Gasteiger partial charge in [0.05, 0.1) is 22.5 Å². The van der Waals surface area contributed by atoms with E-state index in [0.717, 1.165) is 45.4 Å². The zero-order valence-corrected chi connectivity index (χ0v) is 18.7. The van der Waals surface area contributed by atoms with E-state index in [4.69, 9.17) is 4.99 Å². The molecule has 0 spiro atoms. The topological polar surface area (TPSA) is 74.7 Å². The van der Waals surface area contributed by atoms with E-state index in [1.54, 1.807) is 11.0 Å². The fourth-order valence-corrected chi connectivity index (χ4v) is 4.89. The molecule has 0 bridgehead atoms. The molecule has 166 valence electrons. The number of anilines is 1. The smallest absolute Gasteiger partial charge is 0.272 e. The predicted octanol–water partition coefficient (Wildman–Crippen LogP) is 4.04. The maximum absolute atomic E-state index is 13.6. The van der Waals surface area contributed by atoms with E-state index in [0.29, 0.717) is 17.8 Å². The number of nitrogens with zero attached hydrogens (tertiary/aromatic N) is 3. The van der Waals surface area contributed by atoms with Gasteiger partial charge in [-0.05, 0) is 31.0 Å². The van der Waals surface area contributed by atoms with E-state index in [9.17, 15) is 9.59 Å². The van der Waals surface area contributed by atoms with E-state index < -0.39 is 6.17 Å². The van der Waals surface area contributed by atoms with Crippen molar-refractivity contribution in [3.8, 4) is 0 Å². The third-order valence-corrected chi connectivity index (χ3v) is 6.41. The van der Waals surface area contributed by atoms with Crippen LogP contribution in [-0.4, -0.2) is 35.2 Å². The van der Waals surface area contributed by atoms with Crippen molar-refractivity contribution >= 4 is 34.1 Å². The number of aryl methyl sites for hydroxylation is 1. The van der Waals surface area contributed by atoms with Gasteiger partial charge in [0.25, 0.3) is 11.8 Å². The summed E-state index contributed by atoms with van der Waals surface area (Å²) in [5.41, 5.74) is 6.51. The fourth-order valence-electron chi connectivity index (χ4n) is 4.89. The number of benzene rings is 3. The molecule has 3 heterocycles. The Bertz CT molecular complexity index is 1490. The summed E-state index contributed by atoms with van der Waals surface area (Å²) in [6.07, 6.45) is -0.250. The van der Waals surface area contributed by atoms with Crippen molar-refractivity contribution in [1.82, 2.24) is 10.3 Å². The first-order chi connectivity index (χ1) is 16.6. The van der Waals surface area contributed by atoms with Gasteiger partial charge in [-0.3, -0.25) is 14.6 Å². The molecule has 34 heavy (non-hydrogen) atoms. The van der Waals surface area contributed by atoms with E-state index in [1.165, 1.54) is 0 Å². The number of aliphatic imine (C=N–C) groups is 1. The average molecular weight is 447 g/mol. The lowest BCUT2D eigenvalue weighted by Gasteiger charge is -2.21. The molecule has 0 unspecified atom stereocenters. The van der Waals surface area contributed by atoms with Crippen LogP contribution in [0.3, 0.4) is 0 Å². The van der Waals surface area contributed by atoms with Crippen LogP contribution in [0.4, 0.5) is 5.69 Å². The third kappa shape index (κ3) is 3.27. The Balaban J connectivity index is 1.46. The van der Waals surface area contributed by atoms with Gasteiger partial charge >= 0.3 is 0 Å². The third-order valence-electron chi connectivity index (χ3n) is 6.41. The van der Waals surface area contributed by atoms with Crippen LogP contribution in [0.1, 0.15) is 32.7 Å². The zero-order valence-electron chi connectivity index (χ0n) is 18.7. The highest BCUT2D eigenvalue weighted by Crippen LogP contribution is 2.36. The second kappa shape index (κ2) is 7.92. The van der Waals surface area contributed by atoms with Crippen molar-refractivity contribution in [1.29, 1.82) is 0 Å². The standard InChI is InChI=1S/C28H22N4O2/c1-17-16-22(20-11-5-6-13-23(20)29-17)27(33)31-26-28(34)32-15-14-19-10-7-12-21(25(19)32)24(30-26)18-8-3-2-4-9-18/h2-13,16,26H,14-15H2,1H3,(H,31,33)/t26-/m0/s1. The van der Waals surface area contributed by atoms with Crippen LogP contribution in [0, 0.1) is 6.92 Å². The molecule has 0 saturated carbocycles. The molecule has 4 aromatic rings. The summed E-state index contributed by atoms with van der Waals surface area (Å²) in [6.45, 7) is 2.43. The van der Waals surface area contributed by atoms with Crippen molar-refractivity contribution in [2.45, 2.75) is 19.5 Å². The molecule has 2 aliphatic heterocycles. The van der Waals surface area contributed by atoms with Gasteiger partial charge in [0.1, 0.15) is 0 Å². The summed E-state index contributed by atoms with van der Waals surface area (Å²) < 4.78 is 0. The number of para-hydroxylation sites is 2. The van der Waals surface area contributed by atoms with Gasteiger partial charge in [-0.15, -0.1) is 0 Å². The second-order valence-electron chi connectivity index (χ2n) is 8.60. The fraction of sp³-hybridized carbons (Fsp3) is 0.143. The molecule has 1 N–H and O–H groups in total. The number of amides is 2. The highest BCUT2D eigenvalue weighted by molar-refractivity contribution is 6.21. The first-order valence-corrected chi connectivity index (χ1v) is 11.3. The molecule has 1 aromatic heterocycles. The van der Waals surface area contributed by atoms with Crippen LogP contribution < -0.4 is 10.2 Å². The molecule has 6 nitrogen and oxygen atoms in total. The minimum Gasteiger partial charge on any atom is -0.322 e. The second-order valence-corrected chi connectivity index (χ2v) is 8.60. The van der Waals surface area contributed by atoms with Crippen molar-refractivity contribution in [2.24, 2.45) is 4.99 Å². The molecule has 3 aromatic carbocycles. The lowest BCUT2D eigenvalue weighted by Crippen LogP contribution is -2.47.